The van der Waals surface area contributed by atoms with Crippen LogP contribution >= 0.6 is 0 Å². The predicted molar refractivity (Wildman–Crippen MR) is 378 cm³/mol. The highest BCUT2D eigenvalue weighted by atomic mass is 16.8. The molecule has 0 aliphatic carbocycles. The monoisotopic (exact) mass is 1550 g/mol. The van der Waals surface area contributed by atoms with Gasteiger partial charge in [-0.05, 0) is 19.3 Å². The summed E-state index contributed by atoms with van der Waals surface area (Å²) in [5.74, 6) is -7.71. The Labute approximate surface area is 627 Å². The van der Waals surface area contributed by atoms with Gasteiger partial charge in [0.1, 0.15) is 116 Å². The number of aliphatic carboxylic acids is 1. The van der Waals surface area contributed by atoms with E-state index < -0.39 is 235 Å². The van der Waals surface area contributed by atoms with Gasteiger partial charge in [-0.1, -0.05) is 180 Å². The molecule has 5 fully saturated rings. The van der Waals surface area contributed by atoms with E-state index in [1.165, 1.54) is 103 Å². The minimum Gasteiger partial charge on any atom is -0.477 e. The third kappa shape index (κ3) is 29.2. The standard InChI is InChI=1S/C73H131N3O31/c1-5-7-9-11-13-15-17-19-20-22-24-26-28-30-32-34-52(87)76-44(45(84)33-31-29-27-25-23-21-18-16-14-12-10-8-6-2)41-98-69-61(94)59(92)63(50(39-80)101-69)103-71-62(95)67(107-73(72(96)97)35-46(85)53(74-42(3)82)66(106-73)55(88)47(86)36-77)64(51(40-81)102-71)104-68-54(75-43(4)83)65(57(90)49(38-79)99-68)105-70-60(93)58(91)56(89)48(37-78)100-70/h31,33,44-51,53-71,77-81,84-86,88-95H,5-30,32,34-41H2,1-4H3,(H,74,82)(H,75,83)(H,76,87)(H,96,97)/b33-31+/t44-,45+,46-,47+,48+,49+,50+,51+,53+,54+,55-,56-,57-,58-,59+,60+,61+,62+,63+,64-,65+,66+,67+,68-,69+,70-,71-,73-/m0/s1. The minimum absolute atomic E-state index is 0.135. The van der Waals surface area contributed by atoms with Gasteiger partial charge in [-0.3, -0.25) is 14.4 Å². The van der Waals surface area contributed by atoms with Gasteiger partial charge in [0, 0.05) is 26.7 Å². The molecule has 0 aromatic heterocycles. The van der Waals surface area contributed by atoms with Crippen LogP contribution in [0.3, 0.4) is 0 Å². The van der Waals surface area contributed by atoms with Crippen molar-refractivity contribution in [1.82, 2.24) is 16.0 Å². The summed E-state index contributed by atoms with van der Waals surface area (Å²) in [6.07, 6.45) is -16.8. The summed E-state index contributed by atoms with van der Waals surface area (Å²) in [5, 5.41) is 197. The number of amides is 3. The molecule has 5 saturated heterocycles. The van der Waals surface area contributed by atoms with Gasteiger partial charge >= 0.3 is 5.97 Å². The molecule has 0 saturated carbocycles. The summed E-state index contributed by atoms with van der Waals surface area (Å²) in [4.78, 5) is 53.0. The molecule has 5 rings (SSSR count). The molecule has 0 bridgehead atoms. The Morgan fingerprint density at radius 3 is 1.44 bits per heavy atom. The van der Waals surface area contributed by atoms with Gasteiger partial charge in [0.2, 0.25) is 17.7 Å². The van der Waals surface area contributed by atoms with Crippen LogP contribution in [0.2, 0.25) is 0 Å². The number of allylic oxidation sites excluding steroid dienone is 1. The van der Waals surface area contributed by atoms with E-state index in [-0.39, 0.29) is 12.3 Å². The summed E-state index contributed by atoms with van der Waals surface area (Å²) in [6.45, 7) is 0.317. The zero-order chi connectivity index (χ0) is 78.8. The maximum atomic E-state index is 13.8. The Kier molecular flexibility index (Phi) is 44.0. The molecule has 0 aromatic carbocycles. The first-order valence-electron chi connectivity index (χ1n) is 39.1. The largest absolute Gasteiger partial charge is 0.477 e. The van der Waals surface area contributed by atoms with Gasteiger partial charge in [-0.15, -0.1) is 0 Å². The number of unbranched alkanes of at least 4 members (excludes halogenated alkanes) is 25. The second kappa shape index (κ2) is 49.9. The van der Waals surface area contributed by atoms with Crippen LogP contribution in [0.1, 0.15) is 214 Å². The van der Waals surface area contributed by atoms with Crippen molar-refractivity contribution in [1.29, 1.82) is 0 Å². The minimum atomic E-state index is -3.38. The van der Waals surface area contributed by atoms with E-state index in [9.17, 15) is 106 Å². The number of carbonyl (C=O) groups excluding carboxylic acids is 3. The summed E-state index contributed by atoms with van der Waals surface area (Å²) < 4.78 is 60.1. The topological polar surface area (TPSA) is 541 Å². The lowest BCUT2D eigenvalue weighted by Gasteiger charge is -2.52. The fraction of sp³-hybridized carbons (Fsp3) is 0.918. The summed E-state index contributed by atoms with van der Waals surface area (Å²) in [5.41, 5.74) is 0. The number of carboxylic acids is 1. The first-order chi connectivity index (χ1) is 51.3. The maximum Gasteiger partial charge on any atom is 0.364 e. The Hall–Kier alpha value is -3.42. The van der Waals surface area contributed by atoms with Crippen molar-refractivity contribution in [2.75, 3.05) is 39.6 Å². The molecular formula is C73H131N3O31. The number of hydrogen-bond acceptors (Lipinski definition) is 30. The molecule has 107 heavy (non-hydrogen) atoms. The highest BCUT2D eigenvalue weighted by molar-refractivity contribution is 5.77. The van der Waals surface area contributed by atoms with Crippen molar-refractivity contribution in [2.24, 2.45) is 0 Å². The zero-order valence-corrected chi connectivity index (χ0v) is 62.8. The van der Waals surface area contributed by atoms with Crippen molar-refractivity contribution >= 4 is 23.7 Å². The average Bonchev–Trinajstić information content (AvgIpc) is 0.750. The van der Waals surface area contributed by atoms with Gasteiger partial charge in [0.05, 0.1) is 63.9 Å². The smallest absolute Gasteiger partial charge is 0.364 e. The van der Waals surface area contributed by atoms with E-state index in [1.54, 1.807) is 6.08 Å². The molecule has 5 aliphatic heterocycles. The normalized spacial score (nSPS) is 34.6. The highest BCUT2D eigenvalue weighted by Gasteiger charge is 2.62. The van der Waals surface area contributed by atoms with Crippen LogP contribution in [0, 0.1) is 0 Å². The predicted octanol–water partition coefficient (Wildman–Crippen LogP) is -1.04. The third-order valence-corrected chi connectivity index (χ3v) is 20.6. The van der Waals surface area contributed by atoms with E-state index in [1.807, 2.05) is 6.08 Å². The Bertz CT molecular complexity index is 2500. The SMILES string of the molecule is CCCCCCCCCCCCC/C=C/[C@@H](O)[C@H](CO[C@@H]1O[C@H](CO)[C@@H](O[C@@H]2O[C@H](CO)[C@H](O[C@@H]3O[C@H](CO)[C@H](O)[C@H](O[C@@H]4O[C@H](CO)[C@H](O)[C@H](O)[C@H]4O)[C@H]3NC(C)=O)[C@H](O[C@]3(C(=O)O)C[C@H](O)[C@@H](NC(C)=O)[C@H]([C@@H](O)[C@H](O)CO)O3)[C@H]2O)[C@H](O)[C@H]1O)NC(=O)CCCCCCCCCCCCCCCCC. The second-order valence-corrected chi connectivity index (χ2v) is 29.3. The number of aliphatic hydroxyl groups excluding tert-OH is 16. The van der Waals surface area contributed by atoms with Crippen LogP contribution in [0.25, 0.3) is 0 Å². The quantitative estimate of drug-likeness (QED) is 0.0255. The molecule has 34 heteroatoms. The number of carbonyl (C=O) groups is 4. The maximum absolute atomic E-state index is 13.8. The summed E-state index contributed by atoms with van der Waals surface area (Å²) in [7, 11) is 0. The van der Waals surface area contributed by atoms with E-state index in [4.69, 9.17) is 47.4 Å². The Morgan fingerprint density at radius 1 is 0.486 bits per heavy atom. The van der Waals surface area contributed by atoms with Crippen LogP contribution in [-0.2, 0) is 66.5 Å². The molecule has 5 heterocycles. The first-order valence-corrected chi connectivity index (χ1v) is 39.1. The highest BCUT2D eigenvalue weighted by Crippen LogP contribution is 2.41. The molecule has 0 radical (unpaired) electrons. The lowest BCUT2D eigenvalue weighted by molar-refractivity contribution is -0.403. The molecule has 0 unspecified atom stereocenters. The number of rotatable bonds is 52. The molecule has 28 atom stereocenters. The molecule has 20 N–H and O–H groups in total. The van der Waals surface area contributed by atoms with Gasteiger partial charge in [0.25, 0.3) is 5.79 Å². The Morgan fingerprint density at radius 2 is 0.925 bits per heavy atom. The van der Waals surface area contributed by atoms with Crippen LogP contribution in [0.5, 0.6) is 0 Å². The molecular weight excluding hydrogens is 1410 g/mol. The van der Waals surface area contributed by atoms with Crippen molar-refractivity contribution < 1.29 is 153 Å². The van der Waals surface area contributed by atoms with Crippen molar-refractivity contribution in [2.45, 2.75) is 385 Å². The zero-order valence-electron chi connectivity index (χ0n) is 62.8. The van der Waals surface area contributed by atoms with E-state index in [0.717, 1.165) is 71.6 Å². The number of ether oxygens (including phenoxy) is 10. The van der Waals surface area contributed by atoms with Crippen molar-refractivity contribution in [3.05, 3.63) is 12.2 Å². The number of nitrogens with one attached hydrogen (secondary N) is 3. The van der Waals surface area contributed by atoms with Crippen LogP contribution < -0.4 is 16.0 Å². The lowest BCUT2D eigenvalue weighted by atomic mass is 9.88. The molecule has 0 spiro atoms. The van der Waals surface area contributed by atoms with Gasteiger partial charge in [-0.25, -0.2) is 4.79 Å². The number of hydrogen-bond donors (Lipinski definition) is 20. The molecule has 0 aromatic rings. The number of aliphatic hydroxyl groups is 16. The molecule has 34 nitrogen and oxygen atoms in total. The average molecular weight is 1550 g/mol. The van der Waals surface area contributed by atoms with Gasteiger partial charge < -0.3 is 150 Å². The summed E-state index contributed by atoms with van der Waals surface area (Å²) >= 11 is 0. The third-order valence-electron chi connectivity index (χ3n) is 20.6. The van der Waals surface area contributed by atoms with Gasteiger partial charge in [0.15, 0.2) is 25.2 Å². The fourth-order valence-electron chi connectivity index (χ4n) is 14.3. The lowest BCUT2D eigenvalue weighted by Crippen LogP contribution is -2.72. The molecule has 5 aliphatic rings. The number of carboxylic acid groups (broad SMARTS) is 1. The summed E-state index contributed by atoms with van der Waals surface area (Å²) in [6, 6.07) is -4.81. The fourth-order valence-corrected chi connectivity index (χ4v) is 14.3. The van der Waals surface area contributed by atoms with E-state index in [0.29, 0.717) is 12.8 Å². The van der Waals surface area contributed by atoms with E-state index in [2.05, 4.69) is 29.8 Å². The molecule has 3 amide bonds. The second-order valence-electron chi connectivity index (χ2n) is 29.3. The first kappa shape index (κ1) is 94.2. The van der Waals surface area contributed by atoms with E-state index >= 15 is 0 Å². The van der Waals surface area contributed by atoms with Crippen molar-refractivity contribution in [3.63, 3.8) is 0 Å². The van der Waals surface area contributed by atoms with Crippen LogP contribution in [0.15, 0.2) is 12.2 Å². The van der Waals surface area contributed by atoms with Crippen LogP contribution in [-0.4, -0.2) is 321 Å². The Balaban J connectivity index is 1.40. The van der Waals surface area contributed by atoms with Gasteiger partial charge in [-0.2, -0.15) is 0 Å². The molecule has 624 valence electrons. The van der Waals surface area contributed by atoms with Crippen LogP contribution in [0.4, 0.5) is 0 Å². The van der Waals surface area contributed by atoms with Crippen molar-refractivity contribution in [3.8, 4) is 0 Å².